The number of esters is 4. The molecule has 15 heteroatoms. The molecule has 316 valence electrons. The predicted molar refractivity (Wildman–Crippen MR) is 203 cm³/mol. The van der Waals surface area contributed by atoms with Crippen molar-refractivity contribution in [2.24, 2.45) is 53.3 Å². The minimum atomic E-state index is -4.50. The second-order valence-electron chi connectivity index (χ2n) is 16.8. The van der Waals surface area contributed by atoms with Crippen molar-refractivity contribution in [1.82, 2.24) is 0 Å². The van der Waals surface area contributed by atoms with E-state index in [4.69, 9.17) is 35.7 Å². The van der Waals surface area contributed by atoms with Crippen LogP contribution in [0.1, 0.15) is 84.1 Å². The highest BCUT2D eigenvalue weighted by Crippen LogP contribution is 2.52. The molecule has 0 radical (unpaired) electrons. The number of benzene rings is 1. The van der Waals surface area contributed by atoms with Crippen LogP contribution < -0.4 is 4.74 Å². The molecule has 12 atom stereocenters. The maximum Gasteiger partial charge on any atom is 0.416 e. The van der Waals surface area contributed by atoms with Crippen LogP contribution in [0.5, 0.6) is 5.75 Å². The third-order valence-corrected chi connectivity index (χ3v) is 12.7. The van der Waals surface area contributed by atoms with E-state index in [0.717, 1.165) is 57.1 Å². The fraction of sp³-hybridized carbons (Fsp3) is 0.581. The Morgan fingerprint density at radius 1 is 0.638 bits per heavy atom. The van der Waals surface area contributed by atoms with E-state index in [2.05, 4.69) is 19.7 Å². The van der Waals surface area contributed by atoms with E-state index in [0.29, 0.717) is 35.8 Å². The summed E-state index contributed by atoms with van der Waals surface area (Å²) in [7, 11) is 0. The average Bonchev–Trinajstić information content (AvgIpc) is 4.01. The number of carboxylic acids is 1. The Morgan fingerprint density at radius 2 is 1.03 bits per heavy atom. The van der Waals surface area contributed by atoms with Crippen molar-refractivity contribution in [1.29, 1.82) is 0 Å². The van der Waals surface area contributed by atoms with Crippen molar-refractivity contribution < 1.29 is 66.0 Å². The van der Waals surface area contributed by atoms with Gasteiger partial charge >= 0.3 is 36.0 Å². The SMILES string of the molecule is C=C(C)C(=O)OC1CC2CC(C(=O)Cl)C1C2.C=C(C)C(=O)OC1CC2CC(C(=O)O)C1C2.C=C(C)C(=O)OC1CC2CC(C(=O)Oc3cccc(C(F)(F)F)c3)C1C2. The number of carbonyl (C=O) groups is 6. The number of carbonyl (C=O) groups excluding carboxylic acids is 5. The molecule has 6 aliphatic rings. The van der Waals surface area contributed by atoms with Gasteiger partial charge in [0.2, 0.25) is 5.24 Å². The minimum absolute atomic E-state index is 0.00537. The van der Waals surface area contributed by atoms with Gasteiger partial charge in [0, 0.05) is 40.4 Å². The molecule has 12 unspecified atom stereocenters. The Bertz CT molecular complexity index is 1770. The van der Waals surface area contributed by atoms with Crippen LogP contribution in [0.2, 0.25) is 0 Å². The van der Waals surface area contributed by atoms with E-state index >= 15 is 0 Å². The number of carboxylic acid groups (broad SMARTS) is 1. The fourth-order valence-corrected chi connectivity index (χ4v) is 9.97. The van der Waals surface area contributed by atoms with Crippen LogP contribution in [-0.4, -0.2) is 58.5 Å². The highest BCUT2D eigenvalue weighted by molar-refractivity contribution is 6.64. The molecule has 0 spiro atoms. The van der Waals surface area contributed by atoms with Gasteiger partial charge in [-0.3, -0.25) is 14.4 Å². The first-order chi connectivity index (χ1) is 27.1. The van der Waals surface area contributed by atoms with Crippen molar-refractivity contribution in [3.8, 4) is 5.75 Å². The van der Waals surface area contributed by atoms with E-state index < -0.39 is 41.5 Å². The lowest BCUT2D eigenvalue weighted by Gasteiger charge is -2.28. The zero-order chi connectivity index (χ0) is 42.8. The Morgan fingerprint density at radius 3 is 1.41 bits per heavy atom. The smallest absolute Gasteiger partial charge is 0.416 e. The van der Waals surface area contributed by atoms with Gasteiger partial charge in [-0.15, -0.1) is 0 Å². The van der Waals surface area contributed by atoms with Crippen molar-refractivity contribution in [3.05, 3.63) is 66.3 Å². The lowest BCUT2D eigenvalue weighted by Crippen LogP contribution is -2.35. The van der Waals surface area contributed by atoms with Gasteiger partial charge in [0.25, 0.3) is 0 Å². The van der Waals surface area contributed by atoms with E-state index in [1.165, 1.54) is 12.1 Å². The molecule has 1 aromatic rings. The van der Waals surface area contributed by atoms with Crippen molar-refractivity contribution in [3.63, 3.8) is 0 Å². The molecule has 1 aromatic carbocycles. The van der Waals surface area contributed by atoms with Gasteiger partial charge in [-0.1, -0.05) is 25.8 Å². The third kappa shape index (κ3) is 10.6. The van der Waals surface area contributed by atoms with Crippen LogP contribution in [0.3, 0.4) is 0 Å². The number of rotatable bonds is 10. The lowest BCUT2D eigenvalue weighted by atomic mass is 9.86. The highest BCUT2D eigenvalue weighted by atomic mass is 35.5. The highest BCUT2D eigenvalue weighted by Gasteiger charge is 2.53. The van der Waals surface area contributed by atoms with E-state index in [-0.39, 0.29) is 76.4 Å². The number of alkyl halides is 3. The van der Waals surface area contributed by atoms with Crippen molar-refractivity contribution in [2.75, 3.05) is 0 Å². The first-order valence-electron chi connectivity index (χ1n) is 19.5. The molecule has 0 aromatic heterocycles. The van der Waals surface area contributed by atoms with Crippen molar-refractivity contribution >= 4 is 46.7 Å². The van der Waals surface area contributed by atoms with Crippen LogP contribution in [0.4, 0.5) is 13.2 Å². The largest absolute Gasteiger partial charge is 0.481 e. The summed E-state index contributed by atoms with van der Waals surface area (Å²) in [5, 5.41) is 8.75. The molecule has 6 saturated carbocycles. The Labute approximate surface area is 340 Å². The minimum Gasteiger partial charge on any atom is -0.481 e. The fourth-order valence-electron chi connectivity index (χ4n) is 9.72. The number of hydrogen-bond donors (Lipinski definition) is 1. The normalized spacial score (nSPS) is 32.1. The van der Waals surface area contributed by atoms with Gasteiger partial charge in [-0.25, -0.2) is 14.4 Å². The number of hydrogen-bond acceptors (Lipinski definition) is 10. The van der Waals surface area contributed by atoms with Gasteiger partial charge in [0.15, 0.2) is 0 Å². The summed E-state index contributed by atoms with van der Waals surface area (Å²) in [5.41, 5.74) is 0.186. The molecule has 0 amide bonds. The maximum absolute atomic E-state index is 12.8. The molecule has 6 bridgehead atoms. The van der Waals surface area contributed by atoms with Gasteiger partial charge in [0.05, 0.1) is 17.4 Å². The Balaban J connectivity index is 0.000000174. The number of aliphatic carboxylic acids is 1. The number of halogens is 4. The first-order valence-corrected chi connectivity index (χ1v) is 19.9. The quantitative estimate of drug-likeness (QED) is 0.0799. The molecule has 58 heavy (non-hydrogen) atoms. The summed E-state index contributed by atoms with van der Waals surface area (Å²) in [4.78, 5) is 69.2. The number of fused-ring (bicyclic) bond motifs is 6. The van der Waals surface area contributed by atoms with Crippen LogP contribution >= 0.6 is 11.6 Å². The summed E-state index contributed by atoms with van der Waals surface area (Å²) < 4.78 is 59.5. The molecule has 6 aliphatic carbocycles. The van der Waals surface area contributed by atoms with Crippen LogP contribution in [0.15, 0.2) is 60.7 Å². The average molecular weight is 835 g/mol. The third-order valence-electron chi connectivity index (χ3n) is 12.4. The molecule has 0 saturated heterocycles. The molecule has 0 aliphatic heterocycles. The zero-order valence-electron chi connectivity index (χ0n) is 32.8. The van der Waals surface area contributed by atoms with Gasteiger partial charge in [-0.05, 0) is 126 Å². The molecular formula is C43H50ClF3O11. The second kappa shape index (κ2) is 18.2. The number of ether oxygens (including phenoxy) is 4. The summed E-state index contributed by atoms with van der Waals surface area (Å²) in [6, 6.07) is 4.24. The molecular weight excluding hydrogens is 785 g/mol. The van der Waals surface area contributed by atoms with E-state index in [1.54, 1.807) is 20.8 Å². The van der Waals surface area contributed by atoms with Crippen LogP contribution in [-0.2, 0) is 49.2 Å². The molecule has 6 fully saturated rings. The zero-order valence-corrected chi connectivity index (χ0v) is 33.5. The molecule has 1 N–H and O–H groups in total. The standard InChI is InChI=1S/C19H19F3O4.C12H15ClO3.C12H16O4/c1-10(2)17(23)26-16-8-11-6-14(16)15(7-11)18(24)25-13-5-3-4-12(9-13)19(20,21)22;2*1-6(2)12(15)16-10-5-7-3-8(10)9(4-7)11(13)14/h3-5,9,11,14-16H,1,6-8H2,2H3;7-10H,1,3-5H2,2H3;7-10H,1,3-5H2,2H3,(H,13,14). The topological polar surface area (TPSA) is 160 Å². The lowest BCUT2D eigenvalue weighted by molar-refractivity contribution is -0.154. The summed E-state index contributed by atoms with van der Waals surface area (Å²) in [5.74, 6) is -2.55. The molecule has 11 nitrogen and oxygen atoms in total. The predicted octanol–water partition coefficient (Wildman–Crippen LogP) is 8.04. The van der Waals surface area contributed by atoms with E-state index in [1.807, 2.05) is 0 Å². The summed E-state index contributed by atoms with van der Waals surface area (Å²) in [6.07, 6.45) is 1.90. The monoisotopic (exact) mass is 834 g/mol. The molecule has 0 heterocycles. The Hall–Kier alpha value is -4.46. The summed E-state index contributed by atoms with van der Waals surface area (Å²) in [6.45, 7) is 15.4. The van der Waals surface area contributed by atoms with Crippen LogP contribution in [0.25, 0.3) is 0 Å². The first kappa shape index (κ1) is 44.6. The van der Waals surface area contributed by atoms with Gasteiger partial charge < -0.3 is 24.1 Å². The summed E-state index contributed by atoms with van der Waals surface area (Å²) >= 11 is 5.55. The maximum atomic E-state index is 12.8. The van der Waals surface area contributed by atoms with E-state index in [9.17, 15) is 41.9 Å². The van der Waals surface area contributed by atoms with Crippen molar-refractivity contribution in [2.45, 2.75) is 103 Å². The molecule has 7 rings (SSSR count). The van der Waals surface area contributed by atoms with Gasteiger partial charge in [-0.2, -0.15) is 13.2 Å². The van der Waals surface area contributed by atoms with Gasteiger partial charge in [0.1, 0.15) is 24.1 Å². The second-order valence-corrected chi connectivity index (χ2v) is 17.2. The Kier molecular flexibility index (Phi) is 14.0. The van der Waals surface area contributed by atoms with Crippen LogP contribution in [0, 0.1) is 53.3 Å².